The molecule has 1 aromatic heterocycles. The minimum Gasteiger partial charge on any atom is -0.396 e. The van der Waals surface area contributed by atoms with E-state index in [9.17, 15) is 4.79 Å². The zero-order valence-electron chi connectivity index (χ0n) is 8.20. The number of aliphatic hydroxyl groups excluding tert-OH is 1. The molecule has 0 saturated heterocycles. The van der Waals surface area contributed by atoms with E-state index in [1.165, 1.54) is 10.6 Å². The van der Waals surface area contributed by atoms with E-state index in [2.05, 4.69) is 4.98 Å². The SMILES string of the molecule is Cc1nc(Cl)cc(=O)n1CC(C)CO. The smallest absolute Gasteiger partial charge is 0.254 e. The highest BCUT2D eigenvalue weighted by Crippen LogP contribution is 2.04. The van der Waals surface area contributed by atoms with Crippen LogP contribution in [-0.2, 0) is 6.54 Å². The molecule has 0 spiro atoms. The van der Waals surface area contributed by atoms with Gasteiger partial charge in [0.25, 0.3) is 5.56 Å². The Labute approximate surface area is 87.2 Å². The standard InChI is InChI=1S/C9H13ClN2O2/c1-6(5-13)4-12-7(2)11-8(10)3-9(12)14/h3,6,13H,4-5H2,1-2H3. The average Bonchev–Trinajstić information content (AvgIpc) is 2.10. The van der Waals surface area contributed by atoms with E-state index in [0.717, 1.165) is 0 Å². The first-order valence-corrected chi connectivity index (χ1v) is 4.77. The van der Waals surface area contributed by atoms with Crippen LogP contribution in [0.3, 0.4) is 0 Å². The third-order valence-corrected chi connectivity index (χ3v) is 2.17. The van der Waals surface area contributed by atoms with Gasteiger partial charge in [-0.1, -0.05) is 18.5 Å². The Morgan fingerprint density at radius 3 is 2.86 bits per heavy atom. The van der Waals surface area contributed by atoms with E-state index >= 15 is 0 Å². The maximum Gasteiger partial charge on any atom is 0.254 e. The van der Waals surface area contributed by atoms with Gasteiger partial charge in [-0.2, -0.15) is 0 Å². The fraction of sp³-hybridized carbons (Fsp3) is 0.556. The molecule has 1 heterocycles. The summed E-state index contributed by atoms with van der Waals surface area (Å²) in [7, 11) is 0. The highest BCUT2D eigenvalue weighted by atomic mass is 35.5. The predicted molar refractivity (Wildman–Crippen MR) is 54.5 cm³/mol. The summed E-state index contributed by atoms with van der Waals surface area (Å²) in [6, 6.07) is 1.28. The van der Waals surface area contributed by atoms with Gasteiger partial charge in [0, 0.05) is 19.2 Å². The summed E-state index contributed by atoms with van der Waals surface area (Å²) in [5, 5.41) is 9.08. The first kappa shape index (κ1) is 11.2. The van der Waals surface area contributed by atoms with Gasteiger partial charge in [-0.05, 0) is 12.8 Å². The molecule has 0 saturated carbocycles. The van der Waals surface area contributed by atoms with Crippen LogP contribution in [0.2, 0.25) is 5.15 Å². The number of nitrogens with zero attached hydrogens (tertiary/aromatic N) is 2. The molecule has 1 N–H and O–H groups in total. The summed E-state index contributed by atoms with van der Waals surface area (Å²) < 4.78 is 1.51. The zero-order valence-corrected chi connectivity index (χ0v) is 8.95. The third-order valence-electron chi connectivity index (χ3n) is 1.97. The molecule has 0 fully saturated rings. The summed E-state index contributed by atoms with van der Waals surface area (Å²) in [6.45, 7) is 4.09. The number of aliphatic hydroxyl groups is 1. The summed E-state index contributed by atoms with van der Waals surface area (Å²) in [5.74, 6) is 0.608. The largest absolute Gasteiger partial charge is 0.396 e. The third kappa shape index (κ3) is 2.56. The van der Waals surface area contributed by atoms with Crippen LogP contribution in [0, 0.1) is 12.8 Å². The van der Waals surface area contributed by atoms with Crippen LogP contribution >= 0.6 is 11.6 Å². The Hall–Kier alpha value is -0.870. The van der Waals surface area contributed by atoms with Crippen molar-refractivity contribution in [1.82, 2.24) is 9.55 Å². The van der Waals surface area contributed by atoms with Gasteiger partial charge in [-0.3, -0.25) is 9.36 Å². The first-order chi connectivity index (χ1) is 6.54. The molecule has 1 unspecified atom stereocenters. The van der Waals surface area contributed by atoms with E-state index in [0.29, 0.717) is 12.4 Å². The second-order valence-corrected chi connectivity index (χ2v) is 3.75. The molecule has 0 radical (unpaired) electrons. The Morgan fingerprint density at radius 2 is 2.36 bits per heavy atom. The van der Waals surface area contributed by atoms with Gasteiger partial charge >= 0.3 is 0 Å². The van der Waals surface area contributed by atoms with Crippen molar-refractivity contribution in [2.24, 2.45) is 5.92 Å². The molecule has 0 aromatic carbocycles. The van der Waals surface area contributed by atoms with Crippen LogP contribution in [0.4, 0.5) is 0 Å². The highest BCUT2D eigenvalue weighted by molar-refractivity contribution is 6.29. The zero-order chi connectivity index (χ0) is 10.7. The number of halogens is 1. The number of aromatic nitrogens is 2. The van der Waals surface area contributed by atoms with Crippen molar-refractivity contribution in [1.29, 1.82) is 0 Å². The number of hydrogen-bond acceptors (Lipinski definition) is 3. The van der Waals surface area contributed by atoms with Crippen molar-refractivity contribution in [3.05, 3.63) is 27.4 Å². The molecule has 0 bridgehead atoms. The second kappa shape index (κ2) is 4.57. The fourth-order valence-corrected chi connectivity index (χ4v) is 1.39. The molecule has 0 aliphatic heterocycles. The molecule has 1 rings (SSSR count). The van der Waals surface area contributed by atoms with Crippen LogP contribution in [-0.4, -0.2) is 21.3 Å². The molecule has 0 aliphatic carbocycles. The maximum atomic E-state index is 11.5. The van der Waals surface area contributed by atoms with E-state index < -0.39 is 0 Å². The minimum atomic E-state index is -0.178. The normalized spacial score (nSPS) is 12.9. The fourth-order valence-electron chi connectivity index (χ4n) is 1.18. The second-order valence-electron chi connectivity index (χ2n) is 3.36. The van der Waals surface area contributed by atoms with Crippen LogP contribution in [0.25, 0.3) is 0 Å². The van der Waals surface area contributed by atoms with Crippen molar-refractivity contribution in [2.75, 3.05) is 6.61 Å². The predicted octanol–water partition coefficient (Wildman–Crippen LogP) is 0.834. The topological polar surface area (TPSA) is 55.1 Å². The van der Waals surface area contributed by atoms with Gasteiger partial charge in [-0.15, -0.1) is 0 Å². The van der Waals surface area contributed by atoms with E-state index in [1.54, 1.807) is 6.92 Å². The number of aryl methyl sites for hydroxylation is 1. The van der Waals surface area contributed by atoms with Crippen molar-refractivity contribution >= 4 is 11.6 Å². The molecule has 5 heteroatoms. The van der Waals surface area contributed by atoms with Gasteiger partial charge in [-0.25, -0.2) is 4.98 Å². The lowest BCUT2D eigenvalue weighted by Gasteiger charge is -2.12. The molecule has 78 valence electrons. The number of rotatable bonds is 3. The Bertz CT molecular complexity index is 376. The molecule has 4 nitrogen and oxygen atoms in total. The lowest BCUT2D eigenvalue weighted by atomic mass is 10.2. The summed E-state index contributed by atoms with van der Waals surface area (Å²) in [4.78, 5) is 15.4. The Balaban J connectivity index is 3.03. The van der Waals surface area contributed by atoms with Crippen LogP contribution in [0.15, 0.2) is 10.9 Å². The van der Waals surface area contributed by atoms with Gasteiger partial charge in [0.1, 0.15) is 11.0 Å². The lowest BCUT2D eigenvalue weighted by Crippen LogP contribution is -2.26. The molecule has 1 aromatic rings. The highest BCUT2D eigenvalue weighted by Gasteiger charge is 2.07. The van der Waals surface area contributed by atoms with Gasteiger partial charge in [0.15, 0.2) is 0 Å². The van der Waals surface area contributed by atoms with Crippen molar-refractivity contribution < 1.29 is 5.11 Å². The van der Waals surface area contributed by atoms with Gasteiger partial charge < -0.3 is 5.11 Å². The van der Waals surface area contributed by atoms with E-state index in [4.69, 9.17) is 16.7 Å². The van der Waals surface area contributed by atoms with E-state index in [-0.39, 0.29) is 23.2 Å². The monoisotopic (exact) mass is 216 g/mol. The summed E-state index contributed by atoms with van der Waals surface area (Å²) in [6.07, 6.45) is 0. The van der Waals surface area contributed by atoms with Crippen molar-refractivity contribution in [3.8, 4) is 0 Å². The van der Waals surface area contributed by atoms with Crippen LogP contribution in [0.1, 0.15) is 12.7 Å². The average molecular weight is 217 g/mol. The summed E-state index contributed by atoms with van der Waals surface area (Å²) >= 11 is 5.62. The molecular formula is C9H13ClN2O2. The van der Waals surface area contributed by atoms with Crippen LogP contribution < -0.4 is 5.56 Å². The molecule has 1 atom stereocenters. The summed E-state index contributed by atoms with van der Waals surface area (Å²) in [5.41, 5.74) is -0.178. The Morgan fingerprint density at radius 1 is 1.71 bits per heavy atom. The quantitative estimate of drug-likeness (QED) is 0.762. The molecule has 0 aliphatic rings. The number of hydrogen-bond donors (Lipinski definition) is 1. The Kier molecular flexibility index (Phi) is 3.66. The van der Waals surface area contributed by atoms with Crippen molar-refractivity contribution in [2.45, 2.75) is 20.4 Å². The van der Waals surface area contributed by atoms with E-state index in [1.807, 2.05) is 6.92 Å². The van der Waals surface area contributed by atoms with Crippen LogP contribution in [0.5, 0.6) is 0 Å². The minimum absolute atomic E-state index is 0.0365. The lowest BCUT2D eigenvalue weighted by molar-refractivity contribution is 0.220. The molecule has 14 heavy (non-hydrogen) atoms. The molecular weight excluding hydrogens is 204 g/mol. The maximum absolute atomic E-state index is 11.5. The molecule has 0 amide bonds. The van der Waals surface area contributed by atoms with Crippen molar-refractivity contribution in [3.63, 3.8) is 0 Å². The first-order valence-electron chi connectivity index (χ1n) is 4.39. The van der Waals surface area contributed by atoms with Gasteiger partial charge in [0.2, 0.25) is 0 Å². The van der Waals surface area contributed by atoms with Gasteiger partial charge in [0.05, 0.1) is 0 Å².